The quantitative estimate of drug-likeness (QED) is 0.424. The largest absolute Gasteiger partial charge is 0.449 e. The minimum Gasteiger partial charge on any atom is -0.449 e. The first-order valence-electron chi connectivity index (χ1n) is 9.55. The summed E-state index contributed by atoms with van der Waals surface area (Å²) in [4.78, 5) is 25.9. The first-order chi connectivity index (χ1) is 14.7. The topological polar surface area (TPSA) is 55.4 Å². The molecule has 1 amide bonds. The van der Waals surface area contributed by atoms with Crippen LogP contribution < -0.4 is 5.32 Å². The lowest BCUT2D eigenvalue weighted by atomic mass is 10.1. The summed E-state index contributed by atoms with van der Waals surface area (Å²) in [6.45, 7) is 0. The van der Waals surface area contributed by atoms with E-state index in [2.05, 4.69) is 5.32 Å². The highest BCUT2D eigenvalue weighted by Crippen LogP contribution is 2.45. The van der Waals surface area contributed by atoms with Crippen LogP contribution in [0.2, 0.25) is 0 Å². The molecule has 0 saturated carbocycles. The van der Waals surface area contributed by atoms with E-state index in [9.17, 15) is 9.59 Å². The molecule has 0 fully saturated rings. The molecule has 0 unspecified atom stereocenters. The molecule has 0 bridgehead atoms. The average Bonchev–Trinajstić information content (AvgIpc) is 3.42. The SMILES string of the molecule is O=C(OC1c2ccccc2-c2ccccc21)c1cccc(NC(=O)c2cccs2)c1. The number of hydrogen-bond acceptors (Lipinski definition) is 4. The van der Waals surface area contributed by atoms with Crippen molar-refractivity contribution in [3.8, 4) is 11.1 Å². The van der Waals surface area contributed by atoms with Gasteiger partial charge in [-0.15, -0.1) is 11.3 Å². The number of carbonyl (C=O) groups is 2. The first kappa shape index (κ1) is 18.3. The maximum absolute atomic E-state index is 13.0. The van der Waals surface area contributed by atoms with Crippen molar-refractivity contribution < 1.29 is 14.3 Å². The van der Waals surface area contributed by atoms with Crippen LogP contribution in [0, 0.1) is 0 Å². The van der Waals surface area contributed by atoms with Crippen LogP contribution >= 0.6 is 11.3 Å². The molecule has 0 aliphatic heterocycles. The Kier molecular flexibility index (Phi) is 4.65. The van der Waals surface area contributed by atoms with Gasteiger partial charge in [-0.2, -0.15) is 0 Å². The average molecular weight is 411 g/mol. The fourth-order valence-corrected chi connectivity index (χ4v) is 4.35. The zero-order valence-electron chi connectivity index (χ0n) is 15.9. The molecule has 1 heterocycles. The van der Waals surface area contributed by atoms with Gasteiger partial charge in [0, 0.05) is 16.8 Å². The Labute approximate surface area is 177 Å². The molecule has 1 N–H and O–H groups in total. The lowest BCUT2D eigenvalue weighted by Gasteiger charge is -2.15. The van der Waals surface area contributed by atoms with E-state index in [0.717, 1.165) is 22.3 Å². The maximum Gasteiger partial charge on any atom is 0.339 e. The highest BCUT2D eigenvalue weighted by molar-refractivity contribution is 7.12. The number of benzene rings is 3. The Hall–Kier alpha value is -3.70. The zero-order chi connectivity index (χ0) is 20.5. The van der Waals surface area contributed by atoms with Gasteiger partial charge in [-0.3, -0.25) is 4.79 Å². The smallest absolute Gasteiger partial charge is 0.339 e. The van der Waals surface area contributed by atoms with Gasteiger partial charge in [0.05, 0.1) is 10.4 Å². The molecule has 0 saturated heterocycles. The van der Waals surface area contributed by atoms with Crippen molar-refractivity contribution in [1.29, 1.82) is 0 Å². The third-order valence-electron chi connectivity index (χ3n) is 5.10. The molecule has 1 aliphatic carbocycles. The van der Waals surface area contributed by atoms with Crippen molar-refractivity contribution >= 4 is 28.9 Å². The number of rotatable bonds is 4. The molecule has 30 heavy (non-hydrogen) atoms. The normalized spacial score (nSPS) is 12.1. The lowest BCUT2D eigenvalue weighted by molar-refractivity contribution is 0.0385. The van der Waals surface area contributed by atoms with Crippen molar-refractivity contribution in [3.05, 3.63) is 112 Å². The number of amides is 1. The summed E-state index contributed by atoms with van der Waals surface area (Å²) in [5.41, 5.74) is 5.07. The van der Waals surface area contributed by atoms with Gasteiger partial charge in [-0.25, -0.2) is 4.79 Å². The van der Waals surface area contributed by atoms with E-state index in [1.165, 1.54) is 11.3 Å². The molecular weight excluding hydrogens is 394 g/mol. The number of anilines is 1. The number of fused-ring (bicyclic) bond motifs is 3. The number of hydrogen-bond donors (Lipinski definition) is 1. The molecule has 1 aromatic heterocycles. The number of esters is 1. The fourth-order valence-electron chi connectivity index (χ4n) is 3.74. The molecule has 5 heteroatoms. The summed E-state index contributed by atoms with van der Waals surface area (Å²) in [6.07, 6.45) is -0.450. The van der Waals surface area contributed by atoms with Gasteiger partial charge in [0.2, 0.25) is 0 Å². The van der Waals surface area contributed by atoms with Crippen molar-refractivity contribution in [3.63, 3.8) is 0 Å². The summed E-state index contributed by atoms with van der Waals surface area (Å²) in [5, 5.41) is 4.68. The van der Waals surface area contributed by atoms with Gasteiger partial charge in [-0.1, -0.05) is 60.7 Å². The van der Waals surface area contributed by atoms with Crippen molar-refractivity contribution in [2.24, 2.45) is 0 Å². The van der Waals surface area contributed by atoms with Crippen LogP contribution in [0.3, 0.4) is 0 Å². The summed E-state index contributed by atoms with van der Waals surface area (Å²) in [7, 11) is 0. The van der Waals surface area contributed by atoms with Crippen LogP contribution in [0.1, 0.15) is 37.3 Å². The van der Waals surface area contributed by atoms with E-state index in [-0.39, 0.29) is 5.91 Å². The van der Waals surface area contributed by atoms with Crippen LogP contribution in [0.15, 0.2) is 90.3 Å². The van der Waals surface area contributed by atoms with Crippen molar-refractivity contribution in [1.82, 2.24) is 0 Å². The second-order valence-electron chi connectivity index (χ2n) is 6.97. The Morgan fingerprint density at radius 2 is 1.50 bits per heavy atom. The van der Waals surface area contributed by atoms with Gasteiger partial charge in [-0.05, 0) is 40.8 Å². The van der Waals surface area contributed by atoms with E-state index in [1.54, 1.807) is 30.3 Å². The molecule has 0 radical (unpaired) electrons. The standard InChI is InChI=1S/C25H17NO3S/c27-24(22-13-6-14-30-22)26-17-8-5-7-16(15-17)25(28)29-23-20-11-3-1-9-18(20)19-10-2-4-12-21(19)23/h1-15,23H,(H,26,27). The molecule has 4 aromatic rings. The molecule has 146 valence electrons. The lowest BCUT2D eigenvalue weighted by Crippen LogP contribution is -2.13. The Morgan fingerprint density at radius 3 is 2.17 bits per heavy atom. The Balaban J connectivity index is 1.39. The third kappa shape index (κ3) is 3.29. The second kappa shape index (κ2) is 7.61. The maximum atomic E-state index is 13.0. The summed E-state index contributed by atoms with van der Waals surface area (Å²) in [5.74, 6) is -0.632. The Bertz CT molecular complexity index is 1200. The third-order valence-corrected chi connectivity index (χ3v) is 5.97. The van der Waals surface area contributed by atoms with Crippen LogP contribution in [-0.2, 0) is 4.74 Å². The Morgan fingerprint density at radius 1 is 0.800 bits per heavy atom. The molecular formula is C25H17NO3S. The summed E-state index contributed by atoms with van der Waals surface area (Å²) >= 11 is 1.37. The highest BCUT2D eigenvalue weighted by atomic mass is 32.1. The molecule has 5 rings (SSSR count). The number of nitrogens with one attached hydrogen (secondary N) is 1. The van der Waals surface area contributed by atoms with E-state index in [4.69, 9.17) is 4.74 Å². The molecule has 0 spiro atoms. The van der Waals surface area contributed by atoms with Crippen molar-refractivity contribution in [2.45, 2.75) is 6.10 Å². The number of ether oxygens (including phenoxy) is 1. The second-order valence-corrected chi connectivity index (χ2v) is 7.92. The van der Waals surface area contributed by atoms with Crippen LogP contribution in [0.25, 0.3) is 11.1 Å². The monoisotopic (exact) mass is 411 g/mol. The van der Waals surface area contributed by atoms with E-state index >= 15 is 0 Å². The van der Waals surface area contributed by atoms with E-state index in [1.807, 2.05) is 60.0 Å². The fraction of sp³-hybridized carbons (Fsp3) is 0.0400. The van der Waals surface area contributed by atoms with Gasteiger partial charge in [0.1, 0.15) is 0 Å². The molecule has 3 aromatic carbocycles. The molecule has 1 aliphatic rings. The predicted molar refractivity (Wildman–Crippen MR) is 118 cm³/mol. The van der Waals surface area contributed by atoms with Crippen LogP contribution in [-0.4, -0.2) is 11.9 Å². The minimum atomic E-state index is -0.450. The number of thiophene rings is 1. The van der Waals surface area contributed by atoms with Crippen LogP contribution in [0.4, 0.5) is 5.69 Å². The summed E-state index contributed by atoms with van der Waals surface area (Å²) in [6, 6.07) is 26.3. The van der Waals surface area contributed by atoms with Crippen LogP contribution in [0.5, 0.6) is 0 Å². The minimum absolute atomic E-state index is 0.200. The molecule has 0 atom stereocenters. The van der Waals surface area contributed by atoms with E-state index in [0.29, 0.717) is 16.1 Å². The van der Waals surface area contributed by atoms with Gasteiger partial charge in [0.25, 0.3) is 5.91 Å². The van der Waals surface area contributed by atoms with Gasteiger partial charge >= 0.3 is 5.97 Å². The van der Waals surface area contributed by atoms with E-state index < -0.39 is 12.1 Å². The first-order valence-corrected chi connectivity index (χ1v) is 10.4. The van der Waals surface area contributed by atoms with Crippen molar-refractivity contribution in [2.75, 3.05) is 5.32 Å². The summed E-state index contributed by atoms with van der Waals surface area (Å²) < 4.78 is 5.93. The van der Waals surface area contributed by atoms with Gasteiger partial charge in [0.15, 0.2) is 6.10 Å². The zero-order valence-corrected chi connectivity index (χ0v) is 16.7. The highest BCUT2D eigenvalue weighted by Gasteiger charge is 2.31. The number of carbonyl (C=O) groups excluding carboxylic acids is 2. The predicted octanol–water partition coefficient (Wildman–Crippen LogP) is 5.93. The molecule has 4 nitrogen and oxygen atoms in total. The van der Waals surface area contributed by atoms with Gasteiger partial charge < -0.3 is 10.1 Å².